The molecule has 1 fully saturated rings. The van der Waals surface area contributed by atoms with Crippen LogP contribution in [0.15, 0.2) is 6.20 Å². The van der Waals surface area contributed by atoms with E-state index in [0.717, 1.165) is 6.54 Å². The highest BCUT2D eigenvalue weighted by Crippen LogP contribution is 2.21. The number of halogens is 1. The van der Waals surface area contributed by atoms with Crippen LogP contribution in [0.3, 0.4) is 0 Å². The van der Waals surface area contributed by atoms with Crippen LogP contribution in [0.25, 0.3) is 0 Å². The molecule has 18 heavy (non-hydrogen) atoms. The molecule has 1 saturated heterocycles. The summed E-state index contributed by atoms with van der Waals surface area (Å²) in [6, 6.07) is 0.113. The second kappa shape index (κ2) is 5.82. The number of hydrogen-bond acceptors (Lipinski definition) is 4. The van der Waals surface area contributed by atoms with Crippen molar-refractivity contribution < 1.29 is 9.53 Å². The SMILES string of the molecule is CC(C)n1ncc(Cl)c1C(=O)CC1CNCCO1. The smallest absolute Gasteiger partial charge is 0.185 e. The third-order valence-electron chi connectivity index (χ3n) is 2.92. The van der Waals surface area contributed by atoms with Crippen LogP contribution < -0.4 is 5.32 Å². The number of morpholine rings is 1. The molecular formula is C12H18ClN3O2. The van der Waals surface area contributed by atoms with Crippen LogP contribution in [-0.2, 0) is 4.74 Å². The lowest BCUT2D eigenvalue weighted by Crippen LogP contribution is -2.39. The van der Waals surface area contributed by atoms with Gasteiger partial charge < -0.3 is 10.1 Å². The van der Waals surface area contributed by atoms with Crippen LogP contribution in [0.2, 0.25) is 5.02 Å². The predicted molar refractivity (Wildman–Crippen MR) is 69.2 cm³/mol. The third-order valence-corrected chi connectivity index (χ3v) is 3.20. The second-order valence-electron chi connectivity index (χ2n) is 4.70. The Morgan fingerprint density at radius 3 is 3.11 bits per heavy atom. The van der Waals surface area contributed by atoms with Crippen molar-refractivity contribution in [3.8, 4) is 0 Å². The van der Waals surface area contributed by atoms with Crippen molar-refractivity contribution in [1.29, 1.82) is 0 Å². The molecule has 2 rings (SSSR count). The van der Waals surface area contributed by atoms with Gasteiger partial charge in [0, 0.05) is 25.6 Å². The van der Waals surface area contributed by atoms with E-state index in [0.29, 0.717) is 30.3 Å². The summed E-state index contributed by atoms with van der Waals surface area (Å²) in [4.78, 5) is 12.3. The van der Waals surface area contributed by atoms with E-state index in [1.165, 1.54) is 6.20 Å². The van der Waals surface area contributed by atoms with Gasteiger partial charge in [-0.2, -0.15) is 5.10 Å². The fraction of sp³-hybridized carbons (Fsp3) is 0.667. The fourth-order valence-corrected chi connectivity index (χ4v) is 2.28. The van der Waals surface area contributed by atoms with Gasteiger partial charge in [-0.1, -0.05) is 11.6 Å². The Balaban J connectivity index is 2.10. The number of carbonyl (C=O) groups is 1. The summed E-state index contributed by atoms with van der Waals surface area (Å²) in [5.41, 5.74) is 0.487. The summed E-state index contributed by atoms with van der Waals surface area (Å²) in [5.74, 6) is -0.0140. The highest BCUT2D eigenvalue weighted by molar-refractivity contribution is 6.33. The number of ether oxygens (including phenoxy) is 1. The molecule has 1 aromatic heterocycles. The van der Waals surface area contributed by atoms with Crippen LogP contribution >= 0.6 is 11.6 Å². The molecule has 0 amide bonds. The highest BCUT2D eigenvalue weighted by Gasteiger charge is 2.24. The summed E-state index contributed by atoms with van der Waals surface area (Å²) < 4.78 is 7.20. The third kappa shape index (κ3) is 2.91. The number of rotatable bonds is 4. The van der Waals surface area contributed by atoms with Crippen molar-refractivity contribution in [1.82, 2.24) is 15.1 Å². The number of ketones is 1. The van der Waals surface area contributed by atoms with Crippen molar-refractivity contribution >= 4 is 17.4 Å². The molecule has 0 aromatic carbocycles. The van der Waals surface area contributed by atoms with Gasteiger partial charge in [0.25, 0.3) is 0 Å². The van der Waals surface area contributed by atoms with Gasteiger partial charge in [0.2, 0.25) is 0 Å². The van der Waals surface area contributed by atoms with Crippen LogP contribution in [0, 0.1) is 0 Å². The van der Waals surface area contributed by atoms with Gasteiger partial charge in [0.05, 0.1) is 23.9 Å². The first-order valence-corrected chi connectivity index (χ1v) is 6.56. The van der Waals surface area contributed by atoms with Gasteiger partial charge in [-0.15, -0.1) is 0 Å². The molecular weight excluding hydrogens is 254 g/mol. The minimum Gasteiger partial charge on any atom is -0.375 e. The van der Waals surface area contributed by atoms with Crippen LogP contribution in [0.1, 0.15) is 36.8 Å². The number of hydrogen-bond donors (Lipinski definition) is 1. The van der Waals surface area contributed by atoms with Crippen molar-refractivity contribution in [3.05, 3.63) is 16.9 Å². The van der Waals surface area contributed by atoms with Gasteiger partial charge >= 0.3 is 0 Å². The highest BCUT2D eigenvalue weighted by atomic mass is 35.5. The van der Waals surface area contributed by atoms with E-state index in [-0.39, 0.29) is 17.9 Å². The maximum Gasteiger partial charge on any atom is 0.185 e. The van der Waals surface area contributed by atoms with E-state index in [2.05, 4.69) is 10.4 Å². The van der Waals surface area contributed by atoms with Gasteiger partial charge in [0.15, 0.2) is 5.78 Å². The summed E-state index contributed by atoms with van der Waals surface area (Å²) in [6.45, 7) is 6.14. The molecule has 5 nitrogen and oxygen atoms in total. The minimum atomic E-state index is -0.0715. The number of nitrogens with zero attached hydrogens (tertiary/aromatic N) is 2. The standard InChI is InChI=1S/C12H18ClN3O2/c1-8(2)16-12(10(13)7-15-16)11(17)5-9-6-14-3-4-18-9/h7-9,14H,3-6H2,1-2H3. The van der Waals surface area contributed by atoms with Crippen LogP contribution in [-0.4, -0.2) is 41.4 Å². The van der Waals surface area contributed by atoms with Gasteiger partial charge in [-0.3, -0.25) is 9.48 Å². The van der Waals surface area contributed by atoms with E-state index in [1.54, 1.807) is 4.68 Å². The molecule has 0 bridgehead atoms. The molecule has 0 saturated carbocycles. The molecule has 0 aliphatic carbocycles. The second-order valence-corrected chi connectivity index (χ2v) is 5.11. The van der Waals surface area contributed by atoms with Crippen molar-refractivity contribution in [2.24, 2.45) is 0 Å². The first-order chi connectivity index (χ1) is 8.59. The quantitative estimate of drug-likeness (QED) is 0.847. The molecule has 0 spiro atoms. The molecule has 2 heterocycles. The van der Waals surface area contributed by atoms with E-state index in [1.807, 2.05) is 13.8 Å². The first kappa shape index (κ1) is 13.5. The lowest BCUT2D eigenvalue weighted by Gasteiger charge is -2.23. The number of carbonyl (C=O) groups excluding carboxylic acids is 1. The zero-order chi connectivity index (χ0) is 13.1. The molecule has 0 radical (unpaired) electrons. The van der Waals surface area contributed by atoms with E-state index in [4.69, 9.17) is 16.3 Å². The topological polar surface area (TPSA) is 56.2 Å². The number of aromatic nitrogens is 2. The largest absolute Gasteiger partial charge is 0.375 e. The normalized spacial score (nSPS) is 20.3. The van der Waals surface area contributed by atoms with Gasteiger partial charge in [-0.25, -0.2) is 0 Å². The summed E-state index contributed by atoms with van der Waals surface area (Å²) in [6.07, 6.45) is 1.79. The van der Waals surface area contributed by atoms with Gasteiger partial charge in [0.1, 0.15) is 5.69 Å². The maximum atomic E-state index is 12.3. The zero-order valence-corrected chi connectivity index (χ0v) is 11.4. The molecule has 1 aliphatic rings. The monoisotopic (exact) mass is 271 g/mol. The van der Waals surface area contributed by atoms with Crippen molar-refractivity contribution in [3.63, 3.8) is 0 Å². The minimum absolute atomic E-state index is 0.0140. The van der Waals surface area contributed by atoms with Gasteiger partial charge in [-0.05, 0) is 13.8 Å². The summed E-state index contributed by atoms with van der Waals surface area (Å²) in [7, 11) is 0. The molecule has 1 unspecified atom stereocenters. The average Bonchev–Trinajstić information content (AvgIpc) is 2.72. The zero-order valence-electron chi connectivity index (χ0n) is 10.6. The Bertz CT molecular complexity index is 425. The molecule has 100 valence electrons. The first-order valence-electron chi connectivity index (χ1n) is 6.18. The van der Waals surface area contributed by atoms with E-state index in [9.17, 15) is 4.79 Å². The Morgan fingerprint density at radius 1 is 1.72 bits per heavy atom. The van der Waals surface area contributed by atoms with Crippen LogP contribution in [0.4, 0.5) is 0 Å². The summed E-state index contributed by atoms with van der Waals surface area (Å²) >= 11 is 6.04. The van der Waals surface area contributed by atoms with E-state index < -0.39 is 0 Å². The van der Waals surface area contributed by atoms with Crippen molar-refractivity contribution in [2.45, 2.75) is 32.4 Å². The number of nitrogens with one attached hydrogen (secondary N) is 1. The lowest BCUT2D eigenvalue weighted by atomic mass is 10.1. The number of Topliss-reactive ketones (excluding diaryl/α,β-unsaturated/α-hetero) is 1. The predicted octanol–water partition coefficient (Wildman–Crippen LogP) is 1.68. The van der Waals surface area contributed by atoms with Crippen LogP contribution in [0.5, 0.6) is 0 Å². The lowest BCUT2D eigenvalue weighted by molar-refractivity contribution is 0.0237. The molecule has 1 aliphatic heterocycles. The van der Waals surface area contributed by atoms with E-state index >= 15 is 0 Å². The molecule has 1 atom stereocenters. The maximum absolute atomic E-state index is 12.3. The Kier molecular flexibility index (Phi) is 4.37. The summed E-state index contributed by atoms with van der Waals surface area (Å²) in [5, 5.41) is 7.76. The Morgan fingerprint density at radius 2 is 2.50 bits per heavy atom. The Hall–Kier alpha value is -0.910. The molecule has 1 aromatic rings. The van der Waals surface area contributed by atoms with Crippen molar-refractivity contribution in [2.75, 3.05) is 19.7 Å². The average molecular weight is 272 g/mol. The fourth-order valence-electron chi connectivity index (χ4n) is 2.05. The Labute approximate surface area is 111 Å². The molecule has 6 heteroatoms. The molecule has 1 N–H and O–H groups in total.